The summed E-state index contributed by atoms with van der Waals surface area (Å²) in [6, 6.07) is 67.2. The third-order valence-corrected chi connectivity index (χ3v) is 10.2. The van der Waals surface area contributed by atoms with Crippen LogP contribution < -0.4 is 0 Å². The standard InChI is InChI=1S/C48H30/c1-3-13-33(14-4-1)43-29-45(38-22-20-32-12-8-10-18-36(32)28-38)46-30-44(34-15-5-2-6-16-34)41-24-23-39(40-25-26-42(43)48(46)47(40)41)37-21-19-31-11-7-9-17-35(31)27-37/h1-30H. The number of benzene rings is 10. The average Bonchev–Trinajstić information content (AvgIpc) is 3.16. The van der Waals surface area contributed by atoms with Crippen molar-refractivity contribution in [2.75, 3.05) is 0 Å². The van der Waals surface area contributed by atoms with E-state index in [-0.39, 0.29) is 0 Å². The van der Waals surface area contributed by atoms with Crippen molar-refractivity contribution in [1.29, 1.82) is 0 Å². The van der Waals surface area contributed by atoms with Crippen molar-refractivity contribution in [2.24, 2.45) is 0 Å². The van der Waals surface area contributed by atoms with E-state index in [9.17, 15) is 0 Å². The summed E-state index contributed by atoms with van der Waals surface area (Å²) < 4.78 is 0. The molecule has 0 amide bonds. The van der Waals surface area contributed by atoms with Crippen molar-refractivity contribution in [3.8, 4) is 44.5 Å². The molecule has 222 valence electrons. The Kier molecular flexibility index (Phi) is 5.98. The van der Waals surface area contributed by atoms with Gasteiger partial charge in [-0.3, -0.25) is 0 Å². The Morgan fingerprint density at radius 3 is 1.21 bits per heavy atom. The maximum atomic E-state index is 2.45. The van der Waals surface area contributed by atoms with E-state index in [0.717, 1.165) is 0 Å². The van der Waals surface area contributed by atoms with E-state index in [1.165, 1.54) is 98.4 Å². The summed E-state index contributed by atoms with van der Waals surface area (Å²) in [7, 11) is 0. The fraction of sp³-hybridized carbons (Fsp3) is 0. The van der Waals surface area contributed by atoms with Crippen LogP contribution in [0.2, 0.25) is 0 Å². The molecule has 0 aromatic heterocycles. The third kappa shape index (κ3) is 4.16. The first-order chi connectivity index (χ1) is 23.8. The molecule has 0 aliphatic rings. The summed E-state index contributed by atoms with van der Waals surface area (Å²) in [6.45, 7) is 0. The minimum Gasteiger partial charge on any atom is -0.0622 e. The number of hydrogen-bond acceptors (Lipinski definition) is 0. The molecule has 10 aromatic carbocycles. The molecule has 0 bridgehead atoms. The lowest BCUT2D eigenvalue weighted by Crippen LogP contribution is -1.94. The monoisotopic (exact) mass is 606 g/mol. The summed E-state index contributed by atoms with van der Waals surface area (Å²) >= 11 is 0. The van der Waals surface area contributed by atoms with Crippen LogP contribution in [0.15, 0.2) is 182 Å². The fourth-order valence-corrected chi connectivity index (χ4v) is 7.90. The Morgan fingerprint density at radius 1 is 0.208 bits per heavy atom. The van der Waals surface area contributed by atoms with E-state index in [4.69, 9.17) is 0 Å². The van der Waals surface area contributed by atoms with Crippen molar-refractivity contribution >= 4 is 53.9 Å². The van der Waals surface area contributed by atoms with Crippen molar-refractivity contribution in [2.45, 2.75) is 0 Å². The van der Waals surface area contributed by atoms with Gasteiger partial charge in [-0.1, -0.05) is 158 Å². The fourth-order valence-electron chi connectivity index (χ4n) is 7.90. The molecule has 0 aliphatic carbocycles. The van der Waals surface area contributed by atoms with Crippen LogP contribution in [-0.4, -0.2) is 0 Å². The zero-order chi connectivity index (χ0) is 31.6. The van der Waals surface area contributed by atoms with Crippen LogP contribution in [0.5, 0.6) is 0 Å². The second kappa shape index (κ2) is 10.7. The highest BCUT2D eigenvalue weighted by molar-refractivity contribution is 6.32. The van der Waals surface area contributed by atoms with Crippen molar-refractivity contribution in [3.05, 3.63) is 182 Å². The van der Waals surface area contributed by atoms with Crippen molar-refractivity contribution < 1.29 is 0 Å². The molecule has 0 fully saturated rings. The van der Waals surface area contributed by atoms with Crippen molar-refractivity contribution in [3.63, 3.8) is 0 Å². The summed E-state index contributed by atoms with van der Waals surface area (Å²) in [4.78, 5) is 0. The molecule has 10 rings (SSSR count). The van der Waals surface area contributed by atoms with Crippen LogP contribution in [0, 0.1) is 0 Å². The Balaban J connectivity index is 1.38. The summed E-state index contributed by atoms with van der Waals surface area (Å²) in [6.07, 6.45) is 0. The maximum Gasteiger partial charge on any atom is -0.00137 e. The van der Waals surface area contributed by atoms with Gasteiger partial charge < -0.3 is 0 Å². The molecule has 48 heavy (non-hydrogen) atoms. The van der Waals surface area contributed by atoms with Crippen LogP contribution in [0.3, 0.4) is 0 Å². The molecular weight excluding hydrogens is 577 g/mol. The third-order valence-electron chi connectivity index (χ3n) is 10.2. The first-order valence-corrected chi connectivity index (χ1v) is 16.7. The number of hydrogen-bond donors (Lipinski definition) is 0. The molecule has 0 heterocycles. The first kappa shape index (κ1) is 26.9. The van der Waals surface area contributed by atoms with E-state index in [1.807, 2.05) is 0 Å². The molecule has 0 saturated heterocycles. The molecule has 0 aliphatic heterocycles. The van der Waals surface area contributed by atoms with Gasteiger partial charge in [-0.2, -0.15) is 0 Å². The second-order valence-electron chi connectivity index (χ2n) is 12.9. The van der Waals surface area contributed by atoms with E-state index in [1.54, 1.807) is 0 Å². The van der Waals surface area contributed by atoms with E-state index < -0.39 is 0 Å². The lowest BCUT2D eigenvalue weighted by Gasteiger charge is -2.22. The van der Waals surface area contributed by atoms with Crippen LogP contribution in [-0.2, 0) is 0 Å². The van der Waals surface area contributed by atoms with Crippen LogP contribution in [0.25, 0.3) is 98.4 Å². The molecule has 0 heteroatoms. The summed E-state index contributed by atoms with van der Waals surface area (Å²) in [5, 5.41) is 12.8. The van der Waals surface area contributed by atoms with E-state index in [0.29, 0.717) is 0 Å². The number of fused-ring (bicyclic) bond motifs is 2. The SMILES string of the molecule is c1ccc(-c2cc3c(-c4ccc5ccccc5c4)cc(-c4ccccc4)c4ccc5c(-c6ccc7ccccc7c6)ccc2c5c43)cc1. The molecule has 0 nitrogen and oxygen atoms in total. The topological polar surface area (TPSA) is 0 Å². The van der Waals surface area contributed by atoms with Gasteiger partial charge in [-0.15, -0.1) is 0 Å². The molecule has 0 unspecified atom stereocenters. The van der Waals surface area contributed by atoms with E-state index in [2.05, 4.69) is 182 Å². The van der Waals surface area contributed by atoms with Gasteiger partial charge in [0.2, 0.25) is 0 Å². The molecule has 0 N–H and O–H groups in total. The van der Waals surface area contributed by atoms with Gasteiger partial charge >= 0.3 is 0 Å². The van der Waals surface area contributed by atoms with Gasteiger partial charge in [-0.25, -0.2) is 0 Å². The Morgan fingerprint density at radius 2 is 0.625 bits per heavy atom. The molecular formula is C48H30. The van der Waals surface area contributed by atoms with Gasteiger partial charge in [-0.05, 0) is 123 Å². The Bertz CT molecular complexity index is 2800. The minimum atomic E-state index is 1.23. The van der Waals surface area contributed by atoms with Gasteiger partial charge in [0.15, 0.2) is 0 Å². The largest absolute Gasteiger partial charge is 0.0622 e. The maximum absolute atomic E-state index is 2.45. The minimum absolute atomic E-state index is 1.23. The molecule has 0 spiro atoms. The smallest absolute Gasteiger partial charge is 0.00137 e. The van der Waals surface area contributed by atoms with Crippen molar-refractivity contribution in [1.82, 2.24) is 0 Å². The van der Waals surface area contributed by atoms with Gasteiger partial charge in [0.05, 0.1) is 0 Å². The highest BCUT2D eigenvalue weighted by Gasteiger charge is 2.21. The quantitative estimate of drug-likeness (QED) is 0.175. The predicted molar refractivity (Wildman–Crippen MR) is 207 cm³/mol. The lowest BCUT2D eigenvalue weighted by molar-refractivity contribution is 1.63. The van der Waals surface area contributed by atoms with Crippen LogP contribution >= 0.6 is 0 Å². The second-order valence-corrected chi connectivity index (χ2v) is 12.9. The Labute approximate surface area is 279 Å². The average molecular weight is 607 g/mol. The highest BCUT2D eigenvalue weighted by atomic mass is 14.2. The zero-order valence-electron chi connectivity index (χ0n) is 26.3. The normalized spacial score (nSPS) is 11.8. The summed E-state index contributed by atoms with van der Waals surface area (Å²) in [5.41, 5.74) is 9.99. The molecule has 10 aromatic rings. The zero-order valence-corrected chi connectivity index (χ0v) is 26.3. The highest BCUT2D eigenvalue weighted by Crippen LogP contribution is 2.49. The lowest BCUT2D eigenvalue weighted by atomic mass is 9.81. The first-order valence-electron chi connectivity index (χ1n) is 16.7. The van der Waals surface area contributed by atoms with Gasteiger partial charge in [0.25, 0.3) is 0 Å². The number of rotatable bonds is 4. The molecule has 0 saturated carbocycles. The van der Waals surface area contributed by atoms with Crippen LogP contribution in [0.1, 0.15) is 0 Å². The van der Waals surface area contributed by atoms with E-state index >= 15 is 0 Å². The predicted octanol–water partition coefficient (Wildman–Crippen LogP) is 13.6. The Hall–Kier alpha value is -6.24. The van der Waals surface area contributed by atoms with Gasteiger partial charge in [0, 0.05) is 0 Å². The van der Waals surface area contributed by atoms with Gasteiger partial charge in [0.1, 0.15) is 0 Å². The van der Waals surface area contributed by atoms with Crippen LogP contribution in [0.4, 0.5) is 0 Å². The molecule has 0 radical (unpaired) electrons. The molecule has 0 atom stereocenters. The summed E-state index contributed by atoms with van der Waals surface area (Å²) in [5.74, 6) is 0.